The van der Waals surface area contributed by atoms with Crippen molar-refractivity contribution in [2.45, 2.75) is 20.0 Å². The van der Waals surface area contributed by atoms with Gasteiger partial charge < -0.3 is 14.6 Å². The van der Waals surface area contributed by atoms with Crippen LogP contribution in [-0.2, 0) is 17.8 Å². The quantitative estimate of drug-likeness (QED) is 0.884. The molecule has 0 spiro atoms. The van der Waals surface area contributed by atoms with E-state index in [4.69, 9.17) is 14.6 Å². The molecule has 0 bridgehead atoms. The Bertz CT molecular complexity index is 623. The van der Waals surface area contributed by atoms with E-state index in [9.17, 15) is 4.79 Å². The molecule has 2 rings (SSSR count). The molecule has 0 amide bonds. The van der Waals surface area contributed by atoms with Gasteiger partial charge >= 0.3 is 5.97 Å². The minimum absolute atomic E-state index is 0.0108. The van der Waals surface area contributed by atoms with Crippen molar-refractivity contribution >= 4 is 5.97 Å². The molecular formula is C16H17NO4. The Kier molecular flexibility index (Phi) is 4.77. The van der Waals surface area contributed by atoms with Crippen molar-refractivity contribution < 1.29 is 19.4 Å². The van der Waals surface area contributed by atoms with Crippen LogP contribution in [0.15, 0.2) is 36.4 Å². The van der Waals surface area contributed by atoms with Gasteiger partial charge in [0, 0.05) is 17.8 Å². The van der Waals surface area contributed by atoms with Crippen molar-refractivity contribution in [1.29, 1.82) is 0 Å². The van der Waals surface area contributed by atoms with Gasteiger partial charge in [0.15, 0.2) is 0 Å². The predicted molar refractivity (Wildman–Crippen MR) is 77.6 cm³/mol. The molecule has 2 aromatic rings. The number of hydrogen-bond acceptors (Lipinski definition) is 4. The highest BCUT2D eigenvalue weighted by Crippen LogP contribution is 2.17. The van der Waals surface area contributed by atoms with Crippen molar-refractivity contribution in [3.8, 4) is 11.5 Å². The number of hydrogen-bond donors (Lipinski definition) is 1. The van der Waals surface area contributed by atoms with Gasteiger partial charge in [-0.25, -0.2) is 0 Å². The summed E-state index contributed by atoms with van der Waals surface area (Å²) in [6.45, 7) is 2.23. The Morgan fingerprint density at radius 3 is 2.52 bits per heavy atom. The van der Waals surface area contributed by atoms with Gasteiger partial charge in [-0.3, -0.25) is 9.78 Å². The number of pyridine rings is 1. The van der Waals surface area contributed by atoms with Gasteiger partial charge in [0.05, 0.1) is 19.2 Å². The number of aryl methyl sites for hydroxylation is 1. The summed E-state index contributed by atoms with van der Waals surface area (Å²) < 4.78 is 10.8. The maximum atomic E-state index is 10.6. The summed E-state index contributed by atoms with van der Waals surface area (Å²) in [6, 6.07) is 10.7. The van der Waals surface area contributed by atoms with E-state index in [1.54, 1.807) is 31.4 Å². The van der Waals surface area contributed by atoms with Crippen LogP contribution in [0.3, 0.4) is 0 Å². The van der Waals surface area contributed by atoms with Gasteiger partial charge in [0.1, 0.15) is 18.1 Å². The third kappa shape index (κ3) is 4.49. The maximum absolute atomic E-state index is 10.6. The number of aliphatic carboxylic acids is 1. The van der Waals surface area contributed by atoms with E-state index in [0.717, 1.165) is 22.7 Å². The van der Waals surface area contributed by atoms with E-state index >= 15 is 0 Å². The molecule has 1 aromatic heterocycles. The second-order valence-corrected chi connectivity index (χ2v) is 4.64. The molecule has 0 saturated carbocycles. The predicted octanol–water partition coefficient (Wildman–Crippen LogP) is 2.60. The number of aromatic nitrogens is 1. The summed E-state index contributed by atoms with van der Waals surface area (Å²) in [5.41, 5.74) is 2.39. The molecule has 110 valence electrons. The highest BCUT2D eigenvalue weighted by atomic mass is 16.5. The van der Waals surface area contributed by atoms with Gasteiger partial charge in [-0.15, -0.1) is 0 Å². The number of methoxy groups -OCH3 is 1. The van der Waals surface area contributed by atoms with Crippen LogP contribution < -0.4 is 9.47 Å². The first-order chi connectivity index (χ1) is 10.1. The zero-order valence-electron chi connectivity index (χ0n) is 12.0. The third-order valence-corrected chi connectivity index (χ3v) is 2.88. The fourth-order valence-corrected chi connectivity index (χ4v) is 1.93. The summed E-state index contributed by atoms with van der Waals surface area (Å²) >= 11 is 0. The molecule has 0 saturated heterocycles. The van der Waals surface area contributed by atoms with Gasteiger partial charge in [-0.1, -0.05) is 12.1 Å². The molecule has 0 radical (unpaired) electrons. The SMILES string of the molecule is COc1cc(C)nc(COc2ccc(CC(=O)O)cc2)c1. The molecule has 0 aliphatic carbocycles. The van der Waals surface area contributed by atoms with E-state index < -0.39 is 5.97 Å². The van der Waals surface area contributed by atoms with E-state index in [1.807, 2.05) is 19.1 Å². The van der Waals surface area contributed by atoms with Crippen LogP contribution in [0.2, 0.25) is 0 Å². The zero-order chi connectivity index (χ0) is 15.2. The summed E-state index contributed by atoms with van der Waals surface area (Å²) in [6.07, 6.45) is 0.0108. The van der Waals surface area contributed by atoms with Crippen LogP contribution in [0.1, 0.15) is 17.0 Å². The van der Waals surface area contributed by atoms with Crippen LogP contribution in [0, 0.1) is 6.92 Å². The lowest BCUT2D eigenvalue weighted by Crippen LogP contribution is -2.02. The molecule has 0 aliphatic rings. The van der Waals surface area contributed by atoms with Crippen molar-refractivity contribution in [3.05, 3.63) is 53.3 Å². The summed E-state index contributed by atoms with van der Waals surface area (Å²) in [7, 11) is 1.61. The average molecular weight is 287 g/mol. The minimum Gasteiger partial charge on any atom is -0.497 e. The number of rotatable bonds is 6. The fourth-order valence-electron chi connectivity index (χ4n) is 1.93. The van der Waals surface area contributed by atoms with Gasteiger partial charge in [0.2, 0.25) is 0 Å². The largest absolute Gasteiger partial charge is 0.497 e. The zero-order valence-corrected chi connectivity index (χ0v) is 12.0. The molecule has 0 atom stereocenters. The third-order valence-electron chi connectivity index (χ3n) is 2.88. The molecule has 1 aromatic carbocycles. The monoisotopic (exact) mass is 287 g/mol. The number of carboxylic acid groups (broad SMARTS) is 1. The Morgan fingerprint density at radius 2 is 1.90 bits per heavy atom. The van der Waals surface area contributed by atoms with Crippen LogP contribution in [0.5, 0.6) is 11.5 Å². The minimum atomic E-state index is -0.847. The lowest BCUT2D eigenvalue weighted by Gasteiger charge is -2.08. The molecule has 0 unspecified atom stereocenters. The maximum Gasteiger partial charge on any atom is 0.307 e. The van der Waals surface area contributed by atoms with Gasteiger partial charge in [-0.2, -0.15) is 0 Å². The van der Waals surface area contributed by atoms with Crippen LogP contribution >= 0.6 is 0 Å². The van der Waals surface area contributed by atoms with Crippen LogP contribution in [0.25, 0.3) is 0 Å². The van der Waals surface area contributed by atoms with Crippen molar-refractivity contribution in [2.75, 3.05) is 7.11 Å². The Labute approximate surface area is 123 Å². The second-order valence-electron chi connectivity index (χ2n) is 4.64. The van der Waals surface area contributed by atoms with Gasteiger partial charge in [-0.05, 0) is 24.6 Å². The topological polar surface area (TPSA) is 68.7 Å². The molecular weight excluding hydrogens is 270 g/mol. The van der Waals surface area contributed by atoms with E-state index in [1.165, 1.54) is 0 Å². The summed E-state index contributed by atoms with van der Waals surface area (Å²) in [4.78, 5) is 15.0. The molecule has 5 heteroatoms. The second kappa shape index (κ2) is 6.74. The van der Waals surface area contributed by atoms with Crippen molar-refractivity contribution in [2.24, 2.45) is 0 Å². The van der Waals surface area contributed by atoms with Crippen molar-refractivity contribution in [3.63, 3.8) is 0 Å². The molecule has 0 fully saturated rings. The van der Waals surface area contributed by atoms with Gasteiger partial charge in [0.25, 0.3) is 0 Å². The highest BCUT2D eigenvalue weighted by molar-refractivity contribution is 5.70. The molecule has 1 heterocycles. The summed E-state index contributed by atoms with van der Waals surface area (Å²) in [5.74, 6) is 0.573. The fraction of sp³-hybridized carbons (Fsp3) is 0.250. The standard InChI is InChI=1S/C16H17NO4/c1-11-7-15(20-2)9-13(17-11)10-21-14-5-3-12(4-6-14)8-16(18)19/h3-7,9H,8,10H2,1-2H3,(H,18,19). The van der Waals surface area contributed by atoms with Crippen molar-refractivity contribution in [1.82, 2.24) is 4.98 Å². The number of nitrogens with zero attached hydrogens (tertiary/aromatic N) is 1. The number of carboxylic acids is 1. The first kappa shape index (κ1) is 14.8. The number of ether oxygens (including phenoxy) is 2. The lowest BCUT2D eigenvalue weighted by molar-refractivity contribution is -0.136. The first-order valence-corrected chi connectivity index (χ1v) is 6.52. The van der Waals surface area contributed by atoms with Crippen LogP contribution in [-0.4, -0.2) is 23.2 Å². The highest BCUT2D eigenvalue weighted by Gasteiger charge is 2.03. The number of benzene rings is 1. The normalized spacial score (nSPS) is 10.2. The van der Waals surface area contributed by atoms with E-state index in [2.05, 4.69) is 4.98 Å². The lowest BCUT2D eigenvalue weighted by atomic mass is 10.1. The first-order valence-electron chi connectivity index (χ1n) is 6.52. The Morgan fingerprint density at radius 1 is 1.19 bits per heavy atom. The number of carbonyl (C=O) groups is 1. The Balaban J connectivity index is 1.99. The molecule has 21 heavy (non-hydrogen) atoms. The molecule has 5 nitrogen and oxygen atoms in total. The average Bonchev–Trinajstić information content (AvgIpc) is 2.45. The van der Waals surface area contributed by atoms with E-state index in [-0.39, 0.29) is 6.42 Å². The molecule has 0 aliphatic heterocycles. The Hall–Kier alpha value is -2.56. The van der Waals surface area contributed by atoms with E-state index in [0.29, 0.717) is 12.4 Å². The smallest absolute Gasteiger partial charge is 0.307 e. The van der Waals surface area contributed by atoms with Crippen LogP contribution in [0.4, 0.5) is 0 Å². The molecule has 1 N–H and O–H groups in total. The summed E-state index contributed by atoms with van der Waals surface area (Å²) in [5, 5.41) is 8.71.